The molecule has 0 bridgehead atoms. The number of aliphatic hydroxyl groups excluding tert-OH is 1. The first-order valence-electron chi connectivity index (χ1n) is 15.4. The van der Waals surface area contributed by atoms with Crippen molar-refractivity contribution in [2.45, 2.75) is 146 Å². The molecule has 0 spiro atoms. The third kappa shape index (κ3) is 4.49. The number of rotatable bonds is 9. The van der Waals surface area contributed by atoms with Gasteiger partial charge in [-0.2, -0.15) is 0 Å². The second kappa shape index (κ2) is 10.1. The summed E-state index contributed by atoms with van der Waals surface area (Å²) in [4.78, 5) is 23.0. The summed E-state index contributed by atoms with van der Waals surface area (Å²) in [7, 11) is 0. The Morgan fingerprint density at radius 2 is 1.49 bits per heavy atom. The molecule has 0 heterocycles. The molecular formula is C31H52O10. The zero-order valence-electron chi connectivity index (χ0n) is 25.3. The van der Waals surface area contributed by atoms with Gasteiger partial charge in [-0.1, -0.05) is 27.7 Å². The van der Waals surface area contributed by atoms with Crippen LogP contribution in [0.1, 0.15) is 112 Å². The van der Waals surface area contributed by atoms with Gasteiger partial charge in [-0.25, -0.2) is 0 Å². The first-order valence-corrected chi connectivity index (χ1v) is 15.4. The lowest BCUT2D eigenvalue weighted by Gasteiger charge is -2.73. The summed E-state index contributed by atoms with van der Waals surface area (Å²) < 4.78 is 0. The standard InChI is InChI=1S/C31H52O10/c1-18(12-23(33)34)15-26(4,37)30(40)10-11-31(41)27(30,5)28(38,16-19(2)13-24(35)36)17-22-25(3)8-7-21(32)14-20(25)6-9-29(22,31)39/h18-22,32,37-41H,6-17H2,1-5H3,(H,33,34)(H,35,36)/t18?,19?,20-,21-,22+,25-,26?,27+,28+,29?,30-,31+/m0/s1. The minimum absolute atomic E-state index is 0.0154. The Balaban J connectivity index is 1.88. The molecule has 41 heavy (non-hydrogen) atoms. The van der Waals surface area contributed by atoms with Crippen LogP contribution in [0.4, 0.5) is 0 Å². The number of aliphatic carboxylic acids is 2. The molecule has 0 saturated heterocycles. The highest BCUT2D eigenvalue weighted by molar-refractivity contribution is 5.67. The summed E-state index contributed by atoms with van der Waals surface area (Å²) in [5.74, 6) is -3.72. The molecule has 0 aromatic heterocycles. The fourth-order valence-corrected chi connectivity index (χ4v) is 10.7. The lowest BCUT2D eigenvalue weighted by molar-refractivity contribution is -0.377. The Labute approximate surface area is 242 Å². The zero-order valence-corrected chi connectivity index (χ0v) is 25.3. The van der Waals surface area contributed by atoms with Crippen molar-refractivity contribution in [2.75, 3.05) is 0 Å². The Morgan fingerprint density at radius 3 is 2.07 bits per heavy atom. The van der Waals surface area contributed by atoms with Crippen molar-refractivity contribution in [3.8, 4) is 0 Å². The van der Waals surface area contributed by atoms with Crippen molar-refractivity contribution in [1.82, 2.24) is 0 Å². The van der Waals surface area contributed by atoms with Crippen LogP contribution in [0.5, 0.6) is 0 Å². The lowest BCUT2D eigenvalue weighted by Crippen LogP contribution is -2.83. The summed E-state index contributed by atoms with van der Waals surface area (Å²) in [6.07, 6.45) is 1.02. The van der Waals surface area contributed by atoms with Gasteiger partial charge in [-0.3, -0.25) is 9.59 Å². The van der Waals surface area contributed by atoms with Gasteiger partial charge in [0, 0.05) is 12.8 Å². The number of hydrogen-bond acceptors (Lipinski definition) is 8. The van der Waals surface area contributed by atoms with E-state index < -0.39 is 74.6 Å². The predicted molar refractivity (Wildman–Crippen MR) is 149 cm³/mol. The number of hydrogen-bond donors (Lipinski definition) is 8. The molecule has 0 amide bonds. The maximum atomic E-state index is 12.9. The Kier molecular flexibility index (Phi) is 8.05. The van der Waals surface area contributed by atoms with Crippen LogP contribution in [-0.2, 0) is 9.59 Å². The maximum absolute atomic E-state index is 12.9. The first-order chi connectivity index (χ1) is 18.6. The largest absolute Gasteiger partial charge is 0.481 e. The summed E-state index contributed by atoms with van der Waals surface area (Å²) in [5.41, 5.74) is -12.2. The maximum Gasteiger partial charge on any atom is 0.303 e. The Hall–Kier alpha value is -1.30. The van der Waals surface area contributed by atoms with Crippen molar-refractivity contribution < 1.29 is 50.4 Å². The SMILES string of the molecule is CC(CC(=O)O)CC(C)(O)[C@@]1(O)CC[C@]2(O)C3(O)CC[C@H]4C[C@@H](O)CC[C@]4(C)[C@H]3C[C@](O)(CC(C)CC(=O)O)[C@]12C. The van der Waals surface area contributed by atoms with E-state index in [1.165, 1.54) is 13.8 Å². The molecule has 4 saturated carbocycles. The normalized spacial score (nSPS) is 48.7. The number of aliphatic hydroxyl groups is 6. The fraction of sp³-hybridized carbons (Fsp3) is 0.935. The third-order valence-corrected chi connectivity index (χ3v) is 12.8. The van der Waals surface area contributed by atoms with E-state index >= 15 is 0 Å². The molecule has 4 aliphatic rings. The van der Waals surface area contributed by atoms with E-state index in [1.54, 1.807) is 13.8 Å². The molecule has 0 aromatic carbocycles. The van der Waals surface area contributed by atoms with Crippen molar-refractivity contribution in [2.24, 2.45) is 34.5 Å². The average Bonchev–Trinajstić information content (AvgIpc) is 3.05. The van der Waals surface area contributed by atoms with E-state index in [1.807, 2.05) is 0 Å². The molecule has 4 unspecified atom stereocenters. The highest BCUT2D eigenvalue weighted by Crippen LogP contribution is 2.75. The molecule has 12 atom stereocenters. The Morgan fingerprint density at radius 1 is 0.902 bits per heavy atom. The van der Waals surface area contributed by atoms with E-state index in [0.29, 0.717) is 25.7 Å². The minimum Gasteiger partial charge on any atom is -0.481 e. The summed E-state index contributed by atoms with van der Waals surface area (Å²) >= 11 is 0. The van der Waals surface area contributed by atoms with Crippen LogP contribution < -0.4 is 0 Å². The molecular weight excluding hydrogens is 532 g/mol. The van der Waals surface area contributed by atoms with Gasteiger partial charge in [0.25, 0.3) is 0 Å². The number of carboxylic acids is 2. The Bertz CT molecular complexity index is 1050. The summed E-state index contributed by atoms with van der Waals surface area (Å²) in [6.45, 7) is 8.33. The molecule has 0 radical (unpaired) electrons. The van der Waals surface area contributed by atoms with Crippen LogP contribution in [0.3, 0.4) is 0 Å². The molecule has 4 fully saturated rings. The van der Waals surface area contributed by atoms with Crippen LogP contribution in [0.2, 0.25) is 0 Å². The van der Waals surface area contributed by atoms with Gasteiger partial charge in [-0.05, 0) is 100 Å². The van der Waals surface area contributed by atoms with E-state index in [9.17, 15) is 50.4 Å². The zero-order chi connectivity index (χ0) is 31.0. The average molecular weight is 585 g/mol. The van der Waals surface area contributed by atoms with Crippen LogP contribution in [0, 0.1) is 34.5 Å². The first kappa shape index (κ1) is 32.6. The molecule has 8 N–H and O–H groups in total. The molecule has 10 nitrogen and oxygen atoms in total. The van der Waals surface area contributed by atoms with Gasteiger partial charge in [0.15, 0.2) is 0 Å². The van der Waals surface area contributed by atoms with Crippen molar-refractivity contribution in [3.05, 3.63) is 0 Å². The van der Waals surface area contributed by atoms with Crippen LogP contribution in [0.25, 0.3) is 0 Å². The molecule has 0 aromatic rings. The summed E-state index contributed by atoms with van der Waals surface area (Å²) in [5, 5.41) is 92.2. The molecule has 10 heteroatoms. The van der Waals surface area contributed by atoms with E-state index in [0.717, 1.165) is 0 Å². The number of carbonyl (C=O) groups is 2. The van der Waals surface area contributed by atoms with Gasteiger partial charge in [0.05, 0.1) is 28.3 Å². The topological polar surface area (TPSA) is 196 Å². The number of carboxylic acid groups (broad SMARTS) is 2. The highest BCUT2D eigenvalue weighted by atomic mass is 16.4. The molecule has 236 valence electrons. The lowest BCUT2D eigenvalue weighted by atomic mass is 9.36. The van der Waals surface area contributed by atoms with Gasteiger partial charge >= 0.3 is 11.9 Å². The third-order valence-electron chi connectivity index (χ3n) is 12.8. The van der Waals surface area contributed by atoms with Crippen LogP contribution in [0.15, 0.2) is 0 Å². The predicted octanol–water partition coefficient (Wildman–Crippen LogP) is 2.44. The number of fused-ring (bicyclic) bond motifs is 5. The van der Waals surface area contributed by atoms with Crippen molar-refractivity contribution in [3.63, 3.8) is 0 Å². The second-order valence-corrected chi connectivity index (χ2v) is 15.3. The van der Waals surface area contributed by atoms with E-state index in [-0.39, 0.29) is 57.3 Å². The van der Waals surface area contributed by atoms with Gasteiger partial charge < -0.3 is 40.9 Å². The highest BCUT2D eigenvalue weighted by Gasteiger charge is 2.85. The summed E-state index contributed by atoms with van der Waals surface area (Å²) in [6, 6.07) is 0. The van der Waals surface area contributed by atoms with Crippen LogP contribution >= 0.6 is 0 Å². The molecule has 4 aliphatic carbocycles. The van der Waals surface area contributed by atoms with Gasteiger partial charge in [0.2, 0.25) is 0 Å². The second-order valence-electron chi connectivity index (χ2n) is 15.3. The molecule has 4 rings (SSSR count). The van der Waals surface area contributed by atoms with E-state index in [2.05, 4.69) is 6.92 Å². The quantitative estimate of drug-likeness (QED) is 0.199. The smallest absolute Gasteiger partial charge is 0.303 e. The van der Waals surface area contributed by atoms with Crippen molar-refractivity contribution >= 4 is 11.9 Å². The minimum atomic E-state index is -2.14. The monoisotopic (exact) mass is 584 g/mol. The van der Waals surface area contributed by atoms with Gasteiger partial charge in [-0.15, -0.1) is 0 Å². The fourth-order valence-electron chi connectivity index (χ4n) is 10.7. The van der Waals surface area contributed by atoms with Gasteiger partial charge in [0.1, 0.15) is 11.2 Å². The molecule has 0 aliphatic heterocycles. The van der Waals surface area contributed by atoms with Crippen LogP contribution in [-0.4, -0.2) is 86.9 Å². The van der Waals surface area contributed by atoms with E-state index in [4.69, 9.17) is 0 Å². The van der Waals surface area contributed by atoms with Crippen molar-refractivity contribution in [1.29, 1.82) is 0 Å².